The van der Waals surface area contributed by atoms with Gasteiger partial charge in [-0.05, 0) is 38.6 Å². The highest BCUT2D eigenvalue weighted by molar-refractivity contribution is 4.84. The maximum absolute atomic E-state index is 5.58. The summed E-state index contributed by atoms with van der Waals surface area (Å²) in [5, 5.41) is 0. The summed E-state index contributed by atoms with van der Waals surface area (Å²) in [6.07, 6.45) is 8.71. The largest absolute Gasteiger partial charge is 0.381 e. The molecule has 0 aromatic heterocycles. The van der Waals surface area contributed by atoms with Gasteiger partial charge in [0, 0.05) is 19.7 Å². The van der Waals surface area contributed by atoms with Gasteiger partial charge < -0.3 is 9.64 Å². The Morgan fingerprint density at radius 1 is 1.14 bits per heavy atom. The lowest BCUT2D eigenvalue weighted by Gasteiger charge is -2.30. The number of methoxy groups -OCH3 is 1. The zero-order valence-corrected chi connectivity index (χ0v) is 9.54. The highest BCUT2D eigenvalue weighted by Gasteiger charge is 2.30. The second-order valence-corrected chi connectivity index (χ2v) is 5.07. The normalized spacial score (nSPS) is 40.3. The van der Waals surface area contributed by atoms with Gasteiger partial charge in [-0.3, -0.25) is 0 Å². The maximum Gasteiger partial charge on any atom is 0.0589 e. The van der Waals surface area contributed by atoms with E-state index in [0.29, 0.717) is 6.10 Å². The van der Waals surface area contributed by atoms with Crippen LogP contribution in [-0.2, 0) is 4.74 Å². The van der Waals surface area contributed by atoms with Crippen molar-refractivity contribution in [2.75, 3.05) is 20.7 Å². The highest BCUT2D eigenvalue weighted by Crippen LogP contribution is 2.30. The lowest BCUT2D eigenvalue weighted by molar-refractivity contribution is 0.0728. The van der Waals surface area contributed by atoms with Crippen LogP contribution in [0.1, 0.15) is 38.5 Å². The lowest BCUT2D eigenvalue weighted by Crippen LogP contribution is -2.35. The van der Waals surface area contributed by atoms with Crippen LogP contribution in [0.15, 0.2) is 0 Å². The van der Waals surface area contributed by atoms with Crippen LogP contribution in [0.25, 0.3) is 0 Å². The number of fused-ring (bicyclic) bond motifs is 3. The van der Waals surface area contributed by atoms with E-state index in [9.17, 15) is 0 Å². The molecule has 3 unspecified atom stereocenters. The van der Waals surface area contributed by atoms with Crippen molar-refractivity contribution in [3.8, 4) is 0 Å². The third kappa shape index (κ3) is 2.29. The van der Waals surface area contributed by atoms with Gasteiger partial charge in [-0.15, -0.1) is 0 Å². The molecule has 2 heteroatoms. The van der Waals surface area contributed by atoms with E-state index in [2.05, 4.69) is 11.9 Å². The predicted molar refractivity (Wildman–Crippen MR) is 58.4 cm³/mol. The van der Waals surface area contributed by atoms with E-state index < -0.39 is 0 Å². The molecule has 14 heavy (non-hydrogen) atoms. The van der Waals surface area contributed by atoms with Crippen molar-refractivity contribution in [1.82, 2.24) is 4.90 Å². The molecule has 0 aromatic carbocycles. The Labute approximate surface area is 87.6 Å². The summed E-state index contributed by atoms with van der Waals surface area (Å²) < 4.78 is 5.58. The molecule has 0 saturated carbocycles. The van der Waals surface area contributed by atoms with Crippen molar-refractivity contribution in [2.45, 2.75) is 50.7 Å². The van der Waals surface area contributed by atoms with Crippen LogP contribution in [-0.4, -0.2) is 37.7 Å². The van der Waals surface area contributed by atoms with Crippen molar-refractivity contribution < 1.29 is 4.74 Å². The van der Waals surface area contributed by atoms with Gasteiger partial charge in [0.15, 0.2) is 0 Å². The number of hydrogen-bond acceptors (Lipinski definition) is 2. The standard InChI is InChI=1S/C12H23NO/c1-13-9-10-5-3-4-6-11(13)8-12(7-10)14-2/h10-12H,3-9H2,1-2H3. The van der Waals surface area contributed by atoms with Crippen LogP contribution in [0.3, 0.4) is 0 Å². The highest BCUT2D eigenvalue weighted by atomic mass is 16.5. The first kappa shape index (κ1) is 10.4. The van der Waals surface area contributed by atoms with Crippen LogP contribution >= 0.6 is 0 Å². The van der Waals surface area contributed by atoms with Crippen molar-refractivity contribution in [2.24, 2.45) is 5.92 Å². The molecule has 0 spiro atoms. The van der Waals surface area contributed by atoms with E-state index in [1.54, 1.807) is 0 Å². The average molecular weight is 197 g/mol. The van der Waals surface area contributed by atoms with Crippen molar-refractivity contribution in [3.05, 3.63) is 0 Å². The SMILES string of the molecule is COC1CC2CCCCC(C1)N(C)C2. The molecule has 2 saturated heterocycles. The van der Waals surface area contributed by atoms with Crippen LogP contribution in [0.5, 0.6) is 0 Å². The van der Waals surface area contributed by atoms with Crippen LogP contribution in [0.4, 0.5) is 0 Å². The molecular weight excluding hydrogens is 174 g/mol. The van der Waals surface area contributed by atoms with Gasteiger partial charge in [-0.2, -0.15) is 0 Å². The number of rotatable bonds is 1. The van der Waals surface area contributed by atoms with Crippen molar-refractivity contribution in [3.63, 3.8) is 0 Å². The summed E-state index contributed by atoms with van der Waals surface area (Å²) in [6.45, 7) is 1.30. The Kier molecular flexibility index (Phi) is 3.45. The molecule has 82 valence electrons. The Bertz CT molecular complexity index is 183. The molecule has 0 radical (unpaired) electrons. The van der Waals surface area contributed by atoms with E-state index in [4.69, 9.17) is 4.74 Å². The number of hydrogen-bond donors (Lipinski definition) is 0. The fraction of sp³-hybridized carbons (Fsp3) is 1.00. The van der Waals surface area contributed by atoms with Crippen LogP contribution in [0, 0.1) is 5.92 Å². The third-order valence-corrected chi connectivity index (χ3v) is 4.03. The summed E-state index contributed by atoms with van der Waals surface area (Å²) >= 11 is 0. The quantitative estimate of drug-likeness (QED) is 0.639. The zero-order valence-electron chi connectivity index (χ0n) is 9.54. The smallest absolute Gasteiger partial charge is 0.0589 e. The monoisotopic (exact) mass is 197 g/mol. The molecule has 2 nitrogen and oxygen atoms in total. The summed E-state index contributed by atoms with van der Waals surface area (Å²) in [5.74, 6) is 0.884. The maximum atomic E-state index is 5.58. The molecule has 2 aliphatic rings. The van der Waals surface area contributed by atoms with E-state index in [-0.39, 0.29) is 0 Å². The minimum atomic E-state index is 0.521. The van der Waals surface area contributed by atoms with Gasteiger partial charge >= 0.3 is 0 Å². The topological polar surface area (TPSA) is 12.5 Å². The third-order valence-electron chi connectivity index (χ3n) is 4.03. The van der Waals surface area contributed by atoms with Crippen LogP contribution in [0.2, 0.25) is 0 Å². The minimum absolute atomic E-state index is 0.521. The fourth-order valence-electron chi connectivity index (χ4n) is 3.14. The predicted octanol–water partition coefficient (Wildman–Crippen LogP) is 2.29. The van der Waals surface area contributed by atoms with Gasteiger partial charge in [0.1, 0.15) is 0 Å². The van der Waals surface area contributed by atoms with E-state index in [0.717, 1.165) is 12.0 Å². The molecule has 3 atom stereocenters. The fourth-order valence-corrected chi connectivity index (χ4v) is 3.14. The molecule has 2 aliphatic heterocycles. The Morgan fingerprint density at radius 2 is 1.93 bits per heavy atom. The Hall–Kier alpha value is -0.0800. The molecule has 2 fully saturated rings. The lowest BCUT2D eigenvalue weighted by atomic mass is 9.95. The van der Waals surface area contributed by atoms with Gasteiger partial charge in [0.05, 0.1) is 6.10 Å². The molecule has 2 bridgehead atoms. The first-order chi connectivity index (χ1) is 6.79. The van der Waals surface area contributed by atoms with Gasteiger partial charge in [0.25, 0.3) is 0 Å². The van der Waals surface area contributed by atoms with Crippen molar-refractivity contribution >= 4 is 0 Å². The summed E-state index contributed by atoms with van der Waals surface area (Å²) in [4.78, 5) is 2.57. The van der Waals surface area contributed by atoms with E-state index in [1.807, 2.05) is 7.11 Å². The summed E-state index contributed by atoms with van der Waals surface area (Å²) in [6, 6.07) is 0.783. The molecule has 2 heterocycles. The molecular formula is C12H23NO. The van der Waals surface area contributed by atoms with Gasteiger partial charge in [-0.1, -0.05) is 12.8 Å². The van der Waals surface area contributed by atoms with E-state index in [1.165, 1.54) is 45.1 Å². The first-order valence-electron chi connectivity index (χ1n) is 6.02. The second-order valence-electron chi connectivity index (χ2n) is 5.07. The van der Waals surface area contributed by atoms with E-state index >= 15 is 0 Å². The molecule has 0 aromatic rings. The molecule has 0 aliphatic carbocycles. The average Bonchev–Trinajstić information content (AvgIpc) is 2.26. The van der Waals surface area contributed by atoms with Crippen LogP contribution < -0.4 is 0 Å². The summed E-state index contributed by atoms with van der Waals surface area (Å²) in [5.41, 5.74) is 0. The number of ether oxygens (including phenoxy) is 1. The van der Waals surface area contributed by atoms with Gasteiger partial charge in [-0.25, -0.2) is 0 Å². The zero-order chi connectivity index (χ0) is 9.97. The Balaban J connectivity index is 2.08. The first-order valence-corrected chi connectivity index (χ1v) is 6.02. The molecule has 0 N–H and O–H groups in total. The summed E-state index contributed by atoms with van der Waals surface area (Å²) in [7, 11) is 4.17. The van der Waals surface area contributed by atoms with Gasteiger partial charge in [0.2, 0.25) is 0 Å². The van der Waals surface area contributed by atoms with Crippen molar-refractivity contribution in [1.29, 1.82) is 0 Å². The minimum Gasteiger partial charge on any atom is -0.381 e. The second kappa shape index (κ2) is 4.63. The molecule has 2 rings (SSSR count). The Morgan fingerprint density at radius 3 is 2.71 bits per heavy atom. The molecule has 0 amide bonds. The number of nitrogens with zero attached hydrogens (tertiary/aromatic N) is 1.